The molecule has 0 saturated heterocycles. The number of rotatable bonds is 8. The molecule has 0 bridgehead atoms. The Kier molecular flexibility index (Phi) is 5.53. The van der Waals surface area contributed by atoms with Crippen molar-refractivity contribution in [1.82, 2.24) is 20.1 Å². The zero-order valence-electron chi connectivity index (χ0n) is 15.6. The Morgan fingerprint density at radius 2 is 2.30 bits per heavy atom. The minimum atomic E-state index is -0.364. The number of methoxy groups -OCH3 is 1. The summed E-state index contributed by atoms with van der Waals surface area (Å²) in [6.07, 6.45) is 2.23. The van der Waals surface area contributed by atoms with Gasteiger partial charge in [-0.15, -0.1) is 0 Å². The summed E-state index contributed by atoms with van der Waals surface area (Å²) in [6, 6.07) is 2.13. The normalized spacial score (nSPS) is 20.6. The summed E-state index contributed by atoms with van der Waals surface area (Å²) in [5.41, 5.74) is 0.0854. The van der Waals surface area contributed by atoms with Crippen LogP contribution in [0.4, 0.5) is 11.8 Å². The van der Waals surface area contributed by atoms with E-state index in [9.17, 15) is 10.4 Å². The van der Waals surface area contributed by atoms with E-state index in [1.54, 1.807) is 7.11 Å². The lowest BCUT2D eigenvalue weighted by Crippen LogP contribution is -2.57. The van der Waals surface area contributed by atoms with Gasteiger partial charge in [-0.3, -0.25) is 0 Å². The highest BCUT2D eigenvalue weighted by atomic mass is 16.5. The highest BCUT2D eigenvalue weighted by molar-refractivity contribution is 5.54. The van der Waals surface area contributed by atoms with Crippen LogP contribution < -0.4 is 10.6 Å². The molecule has 1 aliphatic rings. The van der Waals surface area contributed by atoms with Crippen LogP contribution in [0.3, 0.4) is 0 Å². The van der Waals surface area contributed by atoms with Crippen molar-refractivity contribution in [2.45, 2.75) is 45.4 Å². The van der Waals surface area contributed by atoms with Crippen LogP contribution in [0.1, 0.15) is 39.0 Å². The molecule has 0 radical (unpaired) electrons. The first-order chi connectivity index (χ1) is 12.9. The van der Waals surface area contributed by atoms with Crippen LogP contribution >= 0.6 is 0 Å². The van der Waals surface area contributed by atoms with Crippen molar-refractivity contribution in [3.05, 3.63) is 23.5 Å². The second-order valence-corrected chi connectivity index (χ2v) is 7.05. The van der Waals surface area contributed by atoms with Gasteiger partial charge in [0.05, 0.1) is 12.3 Å². The average Bonchev–Trinajstić information content (AvgIpc) is 3.09. The number of nitrogens with zero attached hydrogens (tertiary/aromatic N) is 5. The maximum absolute atomic E-state index is 9.89. The number of nitrogens with one attached hydrogen (secondary N) is 2. The molecule has 0 unspecified atom stereocenters. The van der Waals surface area contributed by atoms with Gasteiger partial charge in [-0.1, -0.05) is 19.0 Å². The number of hydrogen-bond donors (Lipinski definition) is 3. The minimum absolute atomic E-state index is 0. The van der Waals surface area contributed by atoms with E-state index in [0.717, 1.165) is 0 Å². The van der Waals surface area contributed by atoms with E-state index in [4.69, 9.17) is 9.26 Å². The number of ether oxygens (including phenoxy) is 1. The van der Waals surface area contributed by atoms with E-state index in [0.29, 0.717) is 55.0 Å². The van der Waals surface area contributed by atoms with Gasteiger partial charge in [-0.05, 0) is 6.42 Å². The molecule has 2 aromatic rings. The third kappa shape index (κ3) is 4.15. The number of aliphatic hydroxyl groups is 1. The second-order valence-electron chi connectivity index (χ2n) is 7.05. The van der Waals surface area contributed by atoms with E-state index in [1.165, 1.54) is 6.20 Å². The molecular weight excluding hydrogens is 350 g/mol. The number of hydrogen-bond acceptors (Lipinski definition) is 10. The van der Waals surface area contributed by atoms with Crippen LogP contribution in [-0.4, -0.2) is 51.0 Å². The highest BCUT2D eigenvalue weighted by Crippen LogP contribution is 2.42. The first-order valence-electron chi connectivity index (χ1n) is 8.70. The molecule has 10 nitrogen and oxygen atoms in total. The van der Waals surface area contributed by atoms with Crippen molar-refractivity contribution < 1.29 is 15.8 Å². The van der Waals surface area contributed by atoms with E-state index in [-0.39, 0.29) is 19.0 Å². The van der Waals surface area contributed by atoms with Crippen LogP contribution in [0.5, 0.6) is 0 Å². The summed E-state index contributed by atoms with van der Waals surface area (Å²) in [5.74, 6) is 1.84. The molecule has 1 saturated carbocycles. The zero-order valence-corrected chi connectivity index (χ0v) is 15.6. The predicted molar refractivity (Wildman–Crippen MR) is 97.9 cm³/mol. The van der Waals surface area contributed by atoms with Gasteiger partial charge >= 0.3 is 0 Å². The van der Waals surface area contributed by atoms with Gasteiger partial charge in [0.1, 0.15) is 24.1 Å². The molecule has 0 aromatic carbocycles. The van der Waals surface area contributed by atoms with Crippen molar-refractivity contribution >= 4 is 11.8 Å². The van der Waals surface area contributed by atoms with Gasteiger partial charge < -0.3 is 25.0 Å². The second kappa shape index (κ2) is 7.85. The fraction of sp³-hybridized carbons (Fsp3) is 0.588. The summed E-state index contributed by atoms with van der Waals surface area (Å²) in [7, 11) is 1.57. The maximum atomic E-state index is 9.89. The Balaban J connectivity index is 0.00000280. The van der Waals surface area contributed by atoms with Gasteiger partial charge in [0, 0.05) is 33.0 Å². The molecule has 0 aliphatic heterocycles. The molecule has 0 spiro atoms. The molecule has 2 aromatic heterocycles. The Bertz CT molecular complexity index is 836. The SMILES string of the molecule is COCc1noc(CCNc2ncc(C#N)c(N[C@@H]3C[C@H](O)C3(C)C)n2)n1.[HH]. The number of aliphatic hydroxyl groups excluding tert-OH is 1. The van der Waals surface area contributed by atoms with Crippen LogP contribution in [0, 0.1) is 16.7 Å². The summed E-state index contributed by atoms with van der Waals surface area (Å²) in [6.45, 7) is 4.76. The lowest BCUT2D eigenvalue weighted by Gasteiger charge is -2.49. The Morgan fingerprint density at radius 3 is 2.96 bits per heavy atom. The topological polar surface area (TPSA) is 142 Å². The van der Waals surface area contributed by atoms with Crippen molar-refractivity contribution in [3.8, 4) is 6.07 Å². The van der Waals surface area contributed by atoms with E-state index < -0.39 is 0 Å². The standard InChI is InChI=1S/C17H23N7O3.H2/c1-17(2)11(6-12(17)25)21-15-10(7-18)8-20-16(23-15)19-5-4-14-22-13(9-26-3)24-27-14;/h8,11-12,25H,4-6,9H2,1-3H3,(H2,19,20,21,23);1H/t11-,12+;/m1./s1. The first-order valence-corrected chi connectivity index (χ1v) is 8.70. The lowest BCUT2D eigenvalue weighted by molar-refractivity contribution is -0.0511. The summed E-state index contributed by atoms with van der Waals surface area (Å²) in [5, 5.41) is 29.3. The third-order valence-corrected chi connectivity index (χ3v) is 4.84. The summed E-state index contributed by atoms with van der Waals surface area (Å²) in [4.78, 5) is 12.7. The van der Waals surface area contributed by atoms with Crippen LogP contribution in [0.15, 0.2) is 10.7 Å². The number of aromatic nitrogens is 4. The van der Waals surface area contributed by atoms with Crippen LogP contribution in [0.2, 0.25) is 0 Å². The predicted octanol–water partition coefficient (Wildman–Crippen LogP) is 1.35. The molecular formula is C17H25N7O3. The fourth-order valence-electron chi connectivity index (χ4n) is 2.83. The minimum Gasteiger partial charge on any atom is -0.392 e. The molecule has 2 atom stereocenters. The molecule has 1 fully saturated rings. The smallest absolute Gasteiger partial charge is 0.228 e. The largest absolute Gasteiger partial charge is 0.392 e. The van der Waals surface area contributed by atoms with Gasteiger partial charge in [0.15, 0.2) is 5.82 Å². The molecule has 1 aliphatic carbocycles. The van der Waals surface area contributed by atoms with E-state index in [1.807, 2.05) is 13.8 Å². The van der Waals surface area contributed by atoms with Crippen LogP contribution in [0.25, 0.3) is 0 Å². The van der Waals surface area contributed by atoms with E-state index >= 15 is 0 Å². The molecule has 27 heavy (non-hydrogen) atoms. The molecule has 0 amide bonds. The molecule has 3 N–H and O–H groups in total. The van der Waals surface area contributed by atoms with Gasteiger partial charge in [0.2, 0.25) is 11.8 Å². The third-order valence-electron chi connectivity index (χ3n) is 4.84. The number of nitriles is 1. The highest BCUT2D eigenvalue weighted by Gasteiger charge is 2.47. The Morgan fingerprint density at radius 1 is 1.48 bits per heavy atom. The summed E-state index contributed by atoms with van der Waals surface area (Å²) >= 11 is 0. The van der Waals surface area contributed by atoms with Gasteiger partial charge in [0.25, 0.3) is 0 Å². The van der Waals surface area contributed by atoms with Crippen molar-refractivity contribution in [2.24, 2.45) is 5.41 Å². The molecule has 2 heterocycles. The Labute approximate surface area is 158 Å². The van der Waals surface area contributed by atoms with Gasteiger partial charge in [-0.2, -0.15) is 15.2 Å². The average molecular weight is 375 g/mol. The van der Waals surface area contributed by atoms with Crippen molar-refractivity contribution in [1.29, 1.82) is 5.26 Å². The van der Waals surface area contributed by atoms with Crippen molar-refractivity contribution in [2.75, 3.05) is 24.3 Å². The van der Waals surface area contributed by atoms with Crippen LogP contribution in [-0.2, 0) is 17.8 Å². The quantitative estimate of drug-likeness (QED) is 0.618. The summed E-state index contributed by atoms with van der Waals surface area (Å²) < 4.78 is 10.1. The molecule has 10 heteroatoms. The zero-order chi connectivity index (χ0) is 19.4. The molecule has 3 rings (SSSR count). The first kappa shape index (κ1) is 19.0. The number of anilines is 2. The fourth-order valence-corrected chi connectivity index (χ4v) is 2.83. The van der Waals surface area contributed by atoms with E-state index in [2.05, 4.69) is 36.8 Å². The van der Waals surface area contributed by atoms with Gasteiger partial charge in [-0.25, -0.2) is 4.98 Å². The monoisotopic (exact) mass is 375 g/mol. The maximum Gasteiger partial charge on any atom is 0.228 e. The molecule has 146 valence electrons. The Hall–Kier alpha value is -2.77. The lowest BCUT2D eigenvalue weighted by atomic mass is 9.64. The van der Waals surface area contributed by atoms with Crippen molar-refractivity contribution in [3.63, 3.8) is 0 Å².